The molecule has 1 aromatic heterocycles. The normalized spacial score (nSPS) is 13.4. The van der Waals surface area contributed by atoms with Gasteiger partial charge in [0.05, 0.1) is 17.3 Å². The van der Waals surface area contributed by atoms with E-state index in [2.05, 4.69) is 31.6 Å². The van der Waals surface area contributed by atoms with E-state index in [0.29, 0.717) is 11.1 Å². The Kier molecular flexibility index (Phi) is 4.67. The van der Waals surface area contributed by atoms with Crippen molar-refractivity contribution < 1.29 is 13.2 Å². The van der Waals surface area contributed by atoms with Gasteiger partial charge in [-0.25, -0.2) is 4.68 Å². The second-order valence-corrected chi connectivity index (χ2v) is 5.25. The predicted octanol–water partition coefficient (Wildman–Crippen LogP) is 3.30. The standard InChI is InChI=1S/C13H14BrF3N4/c1-3-18-10(11-12(14)19-20-21(11)2)8-4-6-9(7-5-8)13(15,16)17/h4-7,10,18H,3H2,1-2H3. The SMILES string of the molecule is CCNC(c1ccc(C(F)(F)F)cc1)c1c(Br)nnn1C. The van der Waals surface area contributed by atoms with Crippen LogP contribution in [0.4, 0.5) is 13.2 Å². The van der Waals surface area contributed by atoms with Crippen molar-refractivity contribution in [3.63, 3.8) is 0 Å². The zero-order valence-electron chi connectivity index (χ0n) is 11.4. The molecule has 1 aromatic carbocycles. The summed E-state index contributed by atoms with van der Waals surface area (Å²) in [6, 6.07) is 4.81. The second-order valence-electron chi connectivity index (χ2n) is 4.50. The Morgan fingerprint density at radius 3 is 2.33 bits per heavy atom. The minimum absolute atomic E-state index is 0.286. The number of hydrogen-bond donors (Lipinski definition) is 1. The quantitative estimate of drug-likeness (QED) is 0.907. The Morgan fingerprint density at radius 1 is 1.29 bits per heavy atom. The second kappa shape index (κ2) is 6.15. The van der Waals surface area contributed by atoms with Gasteiger partial charge in [0.15, 0.2) is 4.60 Å². The highest BCUT2D eigenvalue weighted by atomic mass is 79.9. The lowest BCUT2D eigenvalue weighted by atomic mass is 10.0. The van der Waals surface area contributed by atoms with Gasteiger partial charge < -0.3 is 5.32 Å². The van der Waals surface area contributed by atoms with Gasteiger partial charge in [-0.1, -0.05) is 24.3 Å². The molecule has 0 aliphatic carbocycles. The van der Waals surface area contributed by atoms with Crippen molar-refractivity contribution in [3.05, 3.63) is 45.7 Å². The summed E-state index contributed by atoms with van der Waals surface area (Å²) < 4.78 is 40.0. The predicted molar refractivity (Wildman–Crippen MR) is 75.7 cm³/mol. The van der Waals surface area contributed by atoms with E-state index in [-0.39, 0.29) is 6.04 Å². The van der Waals surface area contributed by atoms with Crippen LogP contribution in [0.1, 0.15) is 29.8 Å². The topological polar surface area (TPSA) is 42.7 Å². The molecule has 0 aliphatic rings. The molecule has 1 atom stereocenters. The molecule has 0 saturated carbocycles. The van der Waals surface area contributed by atoms with Crippen molar-refractivity contribution in [1.82, 2.24) is 20.3 Å². The molecule has 4 nitrogen and oxygen atoms in total. The zero-order valence-corrected chi connectivity index (χ0v) is 13.0. The van der Waals surface area contributed by atoms with Crippen LogP contribution in [-0.2, 0) is 13.2 Å². The van der Waals surface area contributed by atoms with Gasteiger partial charge >= 0.3 is 6.18 Å². The molecule has 1 unspecified atom stereocenters. The molecule has 0 saturated heterocycles. The lowest BCUT2D eigenvalue weighted by Crippen LogP contribution is -2.24. The van der Waals surface area contributed by atoms with Crippen LogP contribution in [0.3, 0.4) is 0 Å². The highest BCUT2D eigenvalue weighted by Gasteiger charge is 2.30. The van der Waals surface area contributed by atoms with Crippen LogP contribution >= 0.6 is 15.9 Å². The molecule has 2 aromatic rings. The third kappa shape index (κ3) is 3.44. The van der Waals surface area contributed by atoms with Crippen LogP contribution in [0, 0.1) is 0 Å². The third-order valence-corrected chi connectivity index (χ3v) is 3.64. The van der Waals surface area contributed by atoms with Crippen molar-refractivity contribution in [2.24, 2.45) is 7.05 Å². The van der Waals surface area contributed by atoms with Crippen LogP contribution in [0.5, 0.6) is 0 Å². The van der Waals surface area contributed by atoms with Gasteiger partial charge in [-0.05, 0) is 40.2 Å². The fourth-order valence-corrected chi connectivity index (χ4v) is 2.64. The monoisotopic (exact) mass is 362 g/mol. The van der Waals surface area contributed by atoms with Crippen LogP contribution < -0.4 is 5.32 Å². The van der Waals surface area contributed by atoms with Crippen molar-refractivity contribution in [2.45, 2.75) is 19.1 Å². The van der Waals surface area contributed by atoms with E-state index in [9.17, 15) is 13.2 Å². The molecule has 1 N–H and O–H groups in total. The lowest BCUT2D eigenvalue weighted by molar-refractivity contribution is -0.137. The number of nitrogens with zero attached hydrogens (tertiary/aromatic N) is 3. The van der Waals surface area contributed by atoms with Gasteiger partial charge in [0.25, 0.3) is 0 Å². The summed E-state index contributed by atoms with van der Waals surface area (Å²) >= 11 is 3.32. The summed E-state index contributed by atoms with van der Waals surface area (Å²) in [5.74, 6) is 0. The first kappa shape index (κ1) is 16.0. The van der Waals surface area contributed by atoms with E-state index in [1.807, 2.05) is 6.92 Å². The maximum Gasteiger partial charge on any atom is 0.416 e. The Hall–Kier alpha value is -1.41. The summed E-state index contributed by atoms with van der Waals surface area (Å²) in [5.41, 5.74) is 0.816. The minimum Gasteiger partial charge on any atom is -0.305 e. The molecule has 0 spiro atoms. The molecule has 0 amide bonds. The minimum atomic E-state index is -4.33. The average Bonchev–Trinajstić information content (AvgIpc) is 2.75. The number of nitrogens with one attached hydrogen (secondary N) is 1. The van der Waals surface area contributed by atoms with E-state index in [1.165, 1.54) is 12.1 Å². The van der Waals surface area contributed by atoms with Crippen molar-refractivity contribution >= 4 is 15.9 Å². The Bertz CT molecular complexity index is 587. The molecule has 1 heterocycles. The van der Waals surface area contributed by atoms with Gasteiger partial charge in [0.1, 0.15) is 0 Å². The zero-order chi connectivity index (χ0) is 15.6. The third-order valence-electron chi connectivity index (χ3n) is 3.08. The number of halogens is 4. The molecule has 0 radical (unpaired) electrons. The van der Waals surface area contributed by atoms with E-state index in [0.717, 1.165) is 23.4 Å². The molecule has 21 heavy (non-hydrogen) atoms. The number of aryl methyl sites for hydroxylation is 1. The first-order valence-electron chi connectivity index (χ1n) is 6.30. The number of hydrogen-bond acceptors (Lipinski definition) is 3. The Labute approximate surface area is 128 Å². The highest BCUT2D eigenvalue weighted by molar-refractivity contribution is 9.10. The van der Waals surface area contributed by atoms with Crippen molar-refractivity contribution in [2.75, 3.05) is 6.54 Å². The van der Waals surface area contributed by atoms with Gasteiger partial charge in [-0.3, -0.25) is 0 Å². The molecule has 0 bridgehead atoms. The van der Waals surface area contributed by atoms with E-state index >= 15 is 0 Å². The molecule has 0 fully saturated rings. The van der Waals surface area contributed by atoms with Gasteiger partial charge in [0, 0.05) is 7.05 Å². The summed E-state index contributed by atoms with van der Waals surface area (Å²) in [6.45, 7) is 2.58. The van der Waals surface area contributed by atoms with Crippen LogP contribution in [0.15, 0.2) is 28.9 Å². The molecule has 0 aliphatic heterocycles. The van der Waals surface area contributed by atoms with Crippen LogP contribution in [-0.4, -0.2) is 21.5 Å². The van der Waals surface area contributed by atoms with Crippen LogP contribution in [0.2, 0.25) is 0 Å². The van der Waals surface area contributed by atoms with Gasteiger partial charge in [-0.15, -0.1) is 5.10 Å². The molecule has 8 heteroatoms. The number of aromatic nitrogens is 3. The van der Waals surface area contributed by atoms with E-state index in [1.54, 1.807) is 11.7 Å². The number of rotatable bonds is 4. The summed E-state index contributed by atoms with van der Waals surface area (Å²) in [5, 5.41) is 11.0. The average molecular weight is 363 g/mol. The first-order valence-corrected chi connectivity index (χ1v) is 7.09. The maximum absolute atomic E-state index is 12.6. The summed E-state index contributed by atoms with van der Waals surface area (Å²) in [6.07, 6.45) is -4.33. The fourth-order valence-electron chi connectivity index (χ4n) is 2.09. The molecular formula is C13H14BrF3N4. The fraction of sp³-hybridized carbons (Fsp3) is 0.385. The Balaban J connectivity index is 2.40. The largest absolute Gasteiger partial charge is 0.416 e. The number of benzene rings is 1. The molecule has 2 rings (SSSR count). The first-order chi connectivity index (χ1) is 9.84. The lowest BCUT2D eigenvalue weighted by Gasteiger charge is -2.19. The van der Waals surface area contributed by atoms with Crippen LogP contribution in [0.25, 0.3) is 0 Å². The van der Waals surface area contributed by atoms with Gasteiger partial charge in [0.2, 0.25) is 0 Å². The molecule has 114 valence electrons. The smallest absolute Gasteiger partial charge is 0.305 e. The van der Waals surface area contributed by atoms with E-state index in [4.69, 9.17) is 0 Å². The summed E-state index contributed by atoms with van der Waals surface area (Å²) in [7, 11) is 1.74. The summed E-state index contributed by atoms with van der Waals surface area (Å²) in [4.78, 5) is 0. The highest BCUT2D eigenvalue weighted by Crippen LogP contribution is 2.32. The van der Waals surface area contributed by atoms with Crippen molar-refractivity contribution in [3.8, 4) is 0 Å². The van der Waals surface area contributed by atoms with Gasteiger partial charge in [-0.2, -0.15) is 13.2 Å². The van der Waals surface area contributed by atoms with Crippen molar-refractivity contribution in [1.29, 1.82) is 0 Å². The number of alkyl halides is 3. The Morgan fingerprint density at radius 2 is 1.90 bits per heavy atom. The molecular weight excluding hydrogens is 349 g/mol. The van der Waals surface area contributed by atoms with E-state index < -0.39 is 11.7 Å². The maximum atomic E-state index is 12.6.